The van der Waals surface area contributed by atoms with E-state index < -0.39 is 0 Å². The van der Waals surface area contributed by atoms with Crippen molar-refractivity contribution in [2.75, 3.05) is 19.7 Å². The van der Waals surface area contributed by atoms with Gasteiger partial charge >= 0.3 is 0 Å². The fraction of sp³-hybridized carbons (Fsp3) is 0.600. The van der Waals surface area contributed by atoms with Crippen LogP contribution < -0.4 is 0 Å². The van der Waals surface area contributed by atoms with Gasteiger partial charge in [-0.15, -0.1) is 0 Å². The Morgan fingerprint density at radius 3 is 2.86 bits per heavy atom. The molecule has 2 aromatic rings. The monoisotopic (exact) mass is 290 g/mol. The van der Waals surface area contributed by atoms with Gasteiger partial charge in [0.15, 0.2) is 0 Å². The molecule has 0 amide bonds. The molecule has 1 aliphatic heterocycles. The Morgan fingerprint density at radius 2 is 2.19 bits per heavy atom. The van der Waals surface area contributed by atoms with Crippen LogP contribution in [-0.2, 0) is 17.8 Å². The highest BCUT2D eigenvalue weighted by Gasteiger charge is 2.22. The minimum atomic E-state index is 0.162. The lowest BCUT2D eigenvalue weighted by molar-refractivity contribution is -0.0423. The molecule has 3 heterocycles. The van der Waals surface area contributed by atoms with Gasteiger partial charge in [0.25, 0.3) is 0 Å². The van der Waals surface area contributed by atoms with E-state index in [9.17, 15) is 0 Å². The van der Waals surface area contributed by atoms with Gasteiger partial charge in [0.2, 0.25) is 5.89 Å². The molecule has 1 aliphatic rings. The van der Waals surface area contributed by atoms with Crippen LogP contribution in [0.4, 0.5) is 0 Å². The lowest BCUT2D eigenvalue weighted by atomic mass is 10.2. The van der Waals surface area contributed by atoms with Crippen molar-refractivity contribution in [3.63, 3.8) is 0 Å². The van der Waals surface area contributed by atoms with E-state index in [0.29, 0.717) is 0 Å². The second kappa shape index (κ2) is 5.99. The van der Waals surface area contributed by atoms with E-state index >= 15 is 0 Å². The highest BCUT2D eigenvalue weighted by Crippen LogP contribution is 2.14. The molecule has 0 bridgehead atoms. The minimum Gasteiger partial charge on any atom is -0.444 e. The van der Waals surface area contributed by atoms with Gasteiger partial charge in [0.1, 0.15) is 5.76 Å². The second-order valence-corrected chi connectivity index (χ2v) is 5.72. The summed E-state index contributed by atoms with van der Waals surface area (Å²) in [5.74, 6) is 1.70. The average molecular weight is 290 g/mol. The topological polar surface area (TPSA) is 56.3 Å². The van der Waals surface area contributed by atoms with Crippen LogP contribution in [-0.4, -0.2) is 45.5 Å². The van der Waals surface area contributed by atoms with Crippen molar-refractivity contribution in [1.29, 1.82) is 0 Å². The summed E-state index contributed by atoms with van der Waals surface area (Å²) < 4.78 is 13.4. The summed E-state index contributed by atoms with van der Waals surface area (Å²) in [5, 5.41) is 4.32. The SMILES string of the molecule is Cc1cnn(C[C@@H]2CN(Cc3nc(C)c(C)o3)CCO2)c1. The molecule has 6 nitrogen and oxygen atoms in total. The fourth-order valence-electron chi connectivity index (χ4n) is 2.61. The van der Waals surface area contributed by atoms with Gasteiger partial charge in [-0.3, -0.25) is 9.58 Å². The molecule has 0 unspecified atom stereocenters. The summed E-state index contributed by atoms with van der Waals surface area (Å²) in [6.07, 6.45) is 4.08. The Balaban J connectivity index is 1.57. The molecule has 1 atom stereocenters. The highest BCUT2D eigenvalue weighted by atomic mass is 16.5. The molecule has 0 radical (unpaired) electrons. The van der Waals surface area contributed by atoms with E-state index in [4.69, 9.17) is 9.15 Å². The summed E-state index contributed by atoms with van der Waals surface area (Å²) in [5.41, 5.74) is 2.15. The Bertz CT molecular complexity index is 585. The van der Waals surface area contributed by atoms with Crippen LogP contribution in [0.3, 0.4) is 0 Å². The summed E-state index contributed by atoms with van der Waals surface area (Å²) in [6.45, 7) is 10.0. The van der Waals surface area contributed by atoms with Crippen LogP contribution in [0.5, 0.6) is 0 Å². The van der Waals surface area contributed by atoms with Crippen molar-refractivity contribution in [2.24, 2.45) is 0 Å². The Labute approximate surface area is 124 Å². The molecular formula is C15H22N4O2. The predicted molar refractivity (Wildman–Crippen MR) is 78.0 cm³/mol. The lowest BCUT2D eigenvalue weighted by Crippen LogP contribution is -2.43. The summed E-state index contributed by atoms with van der Waals surface area (Å²) >= 11 is 0. The first-order chi connectivity index (χ1) is 10.1. The third-order valence-corrected chi connectivity index (χ3v) is 3.81. The maximum atomic E-state index is 5.83. The van der Waals surface area contributed by atoms with Crippen LogP contribution in [0.15, 0.2) is 16.8 Å². The molecule has 3 rings (SSSR count). The highest BCUT2D eigenvalue weighted by molar-refractivity contribution is 5.05. The van der Waals surface area contributed by atoms with Crippen molar-refractivity contribution in [3.8, 4) is 0 Å². The number of aromatic nitrogens is 3. The quantitative estimate of drug-likeness (QED) is 0.858. The van der Waals surface area contributed by atoms with Crippen molar-refractivity contribution >= 4 is 0 Å². The predicted octanol–water partition coefficient (Wildman–Crippen LogP) is 1.70. The maximum absolute atomic E-state index is 5.83. The van der Waals surface area contributed by atoms with Crippen LogP contribution in [0.25, 0.3) is 0 Å². The van der Waals surface area contributed by atoms with Gasteiger partial charge in [-0.25, -0.2) is 4.98 Å². The van der Waals surface area contributed by atoms with Gasteiger partial charge in [-0.05, 0) is 26.3 Å². The standard InChI is InChI=1S/C15H22N4O2/c1-11-6-16-19(7-11)9-14-8-18(4-5-20-14)10-15-17-12(2)13(3)21-15/h6-7,14H,4-5,8-10H2,1-3H3/t14-/m0/s1. The first kappa shape index (κ1) is 14.3. The third-order valence-electron chi connectivity index (χ3n) is 3.81. The van der Waals surface area contributed by atoms with E-state index in [1.54, 1.807) is 0 Å². The first-order valence-corrected chi connectivity index (χ1v) is 7.36. The molecular weight excluding hydrogens is 268 g/mol. The molecule has 0 aromatic carbocycles. The third kappa shape index (κ3) is 3.51. The summed E-state index contributed by atoms with van der Waals surface area (Å²) in [6, 6.07) is 0. The van der Waals surface area contributed by atoms with Gasteiger partial charge < -0.3 is 9.15 Å². The summed E-state index contributed by atoms with van der Waals surface area (Å²) in [4.78, 5) is 6.78. The lowest BCUT2D eigenvalue weighted by Gasteiger charge is -2.32. The number of oxazole rings is 1. The Hall–Kier alpha value is -1.66. The van der Waals surface area contributed by atoms with E-state index in [1.165, 1.54) is 5.56 Å². The maximum Gasteiger partial charge on any atom is 0.208 e. The van der Waals surface area contributed by atoms with Crippen molar-refractivity contribution in [3.05, 3.63) is 35.3 Å². The summed E-state index contributed by atoms with van der Waals surface area (Å²) in [7, 11) is 0. The zero-order chi connectivity index (χ0) is 14.8. The first-order valence-electron chi connectivity index (χ1n) is 7.36. The number of rotatable bonds is 4. The molecule has 0 spiro atoms. The van der Waals surface area contributed by atoms with E-state index in [1.807, 2.05) is 37.8 Å². The Morgan fingerprint density at radius 1 is 1.33 bits per heavy atom. The van der Waals surface area contributed by atoms with Gasteiger partial charge in [-0.1, -0.05) is 0 Å². The zero-order valence-corrected chi connectivity index (χ0v) is 12.9. The fourth-order valence-corrected chi connectivity index (χ4v) is 2.61. The number of ether oxygens (including phenoxy) is 1. The van der Waals surface area contributed by atoms with Gasteiger partial charge in [-0.2, -0.15) is 5.10 Å². The molecule has 0 N–H and O–H groups in total. The molecule has 1 saturated heterocycles. The van der Waals surface area contributed by atoms with Crippen molar-refractivity contribution in [1.82, 2.24) is 19.7 Å². The molecule has 2 aromatic heterocycles. The number of nitrogens with zero attached hydrogens (tertiary/aromatic N) is 4. The van der Waals surface area contributed by atoms with Crippen molar-refractivity contribution in [2.45, 2.75) is 40.0 Å². The number of aryl methyl sites for hydroxylation is 3. The van der Waals surface area contributed by atoms with Crippen LogP contribution in [0.1, 0.15) is 22.9 Å². The largest absolute Gasteiger partial charge is 0.444 e. The second-order valence-electron chi connectivity index (χ2n) is 5.72. The molecule has 114 valence electrons. The van der Waals surface area contributed by atoms with E-state index in [-0.39, 0.29) is 6.10 Å². The molecule has 1 fully saturated rings. The van der Waals surface area contributed by atoms with Crippen LogP contribution in [0, 0.1) is 20.8 Å². The number of hydrogen-bond acceptors (Lipinski definition) is 5. The average Bonchev–Trinajstić information content (AvgIpc) is 2.97. The number of morpholine rings is 1. The molecule has 21 heavy (non-hydrogen) atoms. The molecule has 6 heteroatoms. The van der Waals surface area contributed by atoms with Crippen LogP contribution >= 0.6 is 0 Å². The minimum absolute atomic E-state index is 0.162. The Kier molecular flexibility index (Phi) is 4.07. The van der Waals surface area contributed by atoms with Crippen molar-refractivity contribution < 1.29 is 9.15 Å². The van der Waals surface area contributed by atoms with Gasteiger partial charge in [0, 0.05) is 19.3 Å². The number of hydrogen-bond donors (Lipinski definition) is 0. The molecule has 0 aliphatic carbocycles. The normalized spacial score (nSPS) is 20.0. The van der Waals surface area contributed by atoms with Crippen LogP contribution in [0.2, 0.25) is 0 Å². The molecule has 0 saturated carbocycles. The van der Waals surface area contributed by atoms with E-state index in [0.717, 1.165) is 50.1 Å². The smallest absolute Gasteiger partial charge is 0.208 e. The van der Waals surface area contributed by atoms with Gasteiger partial charge in [0.05, 0.1) is 37.7 Å². The zero-order valence-electron chi connectivity index (χ0n) is 12.9. The van der Waals surface area contributed by atoms with E-state index in [2.05, 4.69) is 15.0 Å².